The summed E-state index contributed by atoms with van der Waals surface area (Å²) in [5, 5.41) is 0. The maximum absolute atomic E-state index is 5.88. The van der Waals surface area contributed by atoms with E-state index in [1.165, 1.54) is 52.8 Å². The van der Waals surface area contributed by atoms with Crippen LogP contribution in [0.5, 0.6) is 23.0 Å². The molecule has 0 bridgehead atoms. The van der Waals surface area contributed by atoms with Crippen LogP contribution in [-0.2, 0) is 12.8 Å². The van der Waals surface area contributed by atoms with Crippen molar-refractivity contribution in [2.45, 2.75) is 52.0 Å². The molecule has 3 aliphatic heterocycles. The molecule has 5 rings (SSSR count). The first-order valence-corrected chi connectivity index (χ1v) is 11.3. The van der Waals surface area contributed by atoms with Crippen LogP contribution in [0.2, 0.25) is 0 Å². The fraction of sp³-hybridized carbons (Fsp3) is 0.462. The Morgan fingerprint density at radius 3 is 2.61 bits per heavy atom. The number of nitrogens with zero attached hydrogens (tertiary/aromatic N) is 1. The fourth-order valence-electron chi connectivity index (χ4n) is 5.25. The monoisotopic (exact) mass is 421 g/mol. The molecule has 0 aliphatic carbocycles. The average molecular weight is 422 g/mol. The molecule has 1 atom stereocenters. The van der Waals surface area contributed by atoms with Gasteiger partial charge in [-0.25, -0.2) is 0 Å². The van der Waals surface area contributed by atoms with Gasteiger partial charge in [-0.15, -0.1) is 0 Å². The molecule has 0 saturated heterocycles. The van der Waals surface area contributed by atoms with Gasteiger partial charge in [0.1, 0.15) is 0 Å². The zero-order valence-corrected chi connectivity index (χ0v) is 18.9. The third-order valence-electron chi connectivity index (χ3n) is 6.86. The first-order valence-electron chi connectivity index (χ1n) is 11.3. The Morgan fingerprint density at radius 1 is 1.06 bits per heavy atom. The smallest absolute Gasteiger partial charge is 0.231 e. The van der Waals surface area contributed by atoms with Crippen LogP contribution < -0.4 is 18.9 Å². The molecule has 0 unspecified atom stereocenters. The fourth-order valence-corrected chi connectivity index (χ4v) is 5.25. The van der Waals surface area contributed by atoms with Crippen LogP contribution in [-0.4, -0.2) is 32.5 Å². The average Bonchev–Trinajstić information content (AvgIpc) is 3.25. The lowest BCUT2D eigenvalue weighted by Crippen LogP contribution is -2.34. The van der Waals surface area contributed by atoms with Crippen LogP contribution in [0.15, 0.2) is 18.2 Å². The number of ether oxygens (including phenoxy) is 4. The molecular formula is C26H31NO4. The van der Waals surface area contributed by atoms with Crippen molar-refractivity contribution < 1.29 is 18.9 Å². The standard InChI is InChI=1S/C26H31NO4/c1-5-6-7-8-17-12-24(28-3)26(29-4)25-16(2)27-10-9-18-11-22-23(31-15-30-22)14-19(18)21(27)13-20(17)25/h11-14,16H,5-10,15H2,1-4H3/t16-/m1/s1. The second-order valence-electron chi connectivity index (χ2n) is 8.57. The Bertz CT molecular complexity index is 1040. The molecule has 164 valence electrons. The number of rotatable bonds is 6. The van der Waals surface area contributed by atoms with Crippen LogP contribution in [0, 0.1) is 0 Å². The van der Waals surface area contributed by atoms with Gasteiger partial charge in [-0.3, -0.25) is 0 Å². The zero-order valence-electron chi connectivity index (χ0n) is 18.9. The molecule has 0 aromatic heterocycles. The summed E-state index contributed by atoms with van der Waals surface area (Å²) in [5.74, 6) is 3.40. The topological polar surface area (TPSA) is 40.2 Å². The third kappa shape index (κ3) is 3.22. The first-order chi connectivity index (χ1) is 15.2. The van der Waals surface area contributed by atoms with Gasteiger partial charge < -0.3 is 23.8 Å². The summed E-state index contributed by atoms with van der Waals surface area (Å²) in [4.78, 5) is 2.49. The van der Waals surface area contributed by atoms with Gasteiger partial charge in [-0.1, -0.05) is 19.8 Å². The molecule has 2 aromatic rings. The van der Waals surface area contributed by atoms with Crippen LogP contribution in [0.4, 0.5) is 0 Å². The Morgan fingerprint density at radius 2 is 1.87 bits per heavy atom. The molecule has 0 amide bonds. The predicted molar refractivity (Wildman–Crippen MR) is 122 cm³/mol. The minimum Gasteiger partial charge on any atom is -0.493 e. The summed E-state index contributed by atoms with van der Waals surface area (Å²) in [5.41, 5.74) is 7.72. The Hall–Kier alpha value is -2.82. The maximum Gasteiger partial charge on any atom is 0.231 e. The molecule has 0 radical (unpaired) electrons. The predicted octanol–water partition coefficient (Wildman–Crippen LogP) is 5.60. The number of benzene rings is 2. The van der Waals surface area contributed by atoms with Gasteiger partial charge in [0.2, 0.25) is 6.79 Å². The molecule has 0 fully saturated rings. The van der Waals surface area contributed by atoms with E-state index in [0.717, 1.165) is 42.4 Å². The largest absolute Gasteiger partial charge is 0.493 e. The van der Waals surface area contributed by atoms with Crippen molar-refractivity contribution in [3.8, 4) is 23.0 Å². The highest BCUT2D eigenvalue weighted by atomic mass is 16.7. The van der Waals surface area contributed by atoms with Crippen molar-refractivity contribution in [2.24, 2.45) is 0 Å². The number of hydrogen-bond donors (Lipinski definition) is 0. The summed E-state index contributed by atoms with van der Waals surface area (Å²) < 4.78 is 22.9. The molecule has 0 saturated carbocycles. The number of methoxy groups -OCH3 is 2. The zero-order chi connectivity index (χ0) is 21.5. The van der Waals surface area contributed by atoms with Crippen LogP contribution in [0.3, 0.4) is 0 Å². The lowest BCUT2D eigenvalue weighted by atomic mass is 9.83. The van der Waals surface area contributed by atoms with Gasteiger partial charge in [0, 0.05) is 23.4 Å². The van der Waals surface area contributed by atoms with E-state index in [0.29, 0.717) is 6.79 Å². The number of aryl methyl sites for hydroxylation is 1. The Balaban J connectivity index is 1.68. The summed E-state index contributed by atoms with van der Waals surface area (Å²) in [6.07, 6.45) is 8.00. The number of unbranched alkanes of at least 4 members (excludes halogenated alkanes) is 2. The second kappa shape index (κ2) is 8.03. The molecule has 0 spiro atoms. The lowest BCUT2D eigenvalue weighted by molar-refractivity contribution is 0.174. The third-order valence-corrected chi connectivity index (χ3v) is 6.86. The van der Waals surface area contributed by atoms with E-state index in [-0.39, 0.29) is 6.04 Å². The van der Waals surface area contributed by atoms with Crippen molar-refractivity contribution in [1.82, 2.24) is 4.90 Å². The quantitative estimate of drug-likeness (QED) is 0.568. The van der Waals surface area contributed by atoms with Gasteiger partial charge in [-0.2, -0.15) is 0 Å². The van der Waals surface area contributed by atoms with E-state index >= 15 is 0 Å². The normalized spacial score (nSPS) is 18.1. The number of fused-ring (bicyclic) bond motifs is 5. The van der Waals surface area contributed by atoms with Gasteiger partial charge in [0.25, 0.3) is 0 Å². The van der Waals surface area contributed by atoms with Gasteiger partial charge >= 0.3 is 0 Å². The van der Waals surface area contributed by atoms with Gasteiger partial charge in [0.15, 0.2) is 23.0 Å². The van der Waals surface area contributed by atoms with E-state index in [2.05, 4.69) is 43.0 Å². The molecule has 5 nitrogen and oxygen atoms in total. The Labute approximate surface area is 184 Å². The summed E-state index contributed by atoms with van der Waals surface area (Å²) in [6.45, 7) is 5.79. The van der Waals surface area contributed by atoms with Crippen molar-refractivity contribution in [2.75, 3.05) is 27.6 Å². The maximum atomic E-state index is 5.88. The second-order valence-corrected chi connectivity index (χ2v) is 8.57. The molecule has 5 heteroatoms. The molecule has 3 aliphatic rings. The minimum atomic E-state index is 0.198. The molecule has 2 aromatic carbocycles. The van der Waals surface area contributed by atoms with Crippen molar-refractivity contribution in [3.63, 3.8) is 0 Å². The van der Waals surface area contributed by atoms with Crippen LogP contribution in [0.25, 0.3) is 11.8 Å². The molecule has 3 heterocycles. The molecular weight excluding hydrogens is 390 g/mol. The SMILES string of the molecule is CCCCCc1cc(OC)c(OC)c2c1C=C1c3cc4c(cc3CCN1[C@@H]2C)OCO4. The van der Waals surface area contributed by atoms with E-state index in [1.54, 1.807) is 14.2 Å². The first kappa shape index (κ1) is 20.1. The highest BCUT2D eigenvalue weighted by molar-refractivity contribution is 5.89. The highest BCUT2D eigenvalue weighted by Gasteiger charge is 2.35. The van der Waals surface area contributed by atoms with Crippen LogP contribution >= 0.6 is 0 Å². The van der Waals surface area contributed by atoms with E-state index < -0.39 is 0 Å². The van der Waals surface area contributed by atoms with E-state index in [1.807, 2.05) is 0 Å². The van der Waals surface area contributed by atoms with Crippen molar-refractivity contribution in [3.05, 3.63) is 46.0 Å². The minimum absolute atomic E-state index is 0.198. The summed E-state index contributed by atoms with van der Waals surface area (Å²) in [6, 6.07) is 6.69. The Kier molecular flexibility index (Phi) is 5.20. The lowest BCUT2D eigenvalue weighted by Gasteiger charge is -2.42. The van der Waals surface area contributed by atoms with Gasteiger partial charge in [0.05, 0.1) is 20.3 Å². The van der Waals surface area contributed by atoms with E-state index in [4.69, 9.17) is 18.9 Å². The highest BCUT2D eigenvalue weighted by Crippen LogP contribution is 2.50. The van der Waals surface area contributed by atoms with Crippen molar-refractivity contribution in [1.29, 1.82) is 0 Å². The van der Waals surface area contributed by atoms with Crippen molar-refractivity contribution >= 4 is 11.8 Å². The summed E-state index contributed by atoms with van der Waals surface area (Å²) >= 11 is 0. The van der Waals surface area contributed by atoms with Gasteiger partial charge in [-0.05, 0) is 67.2 Å². The summed E-state index contributed by atoms with van der Waals surface area (Å²) in [7, 11) is 3.47. The molecule has 0 N–H and O–H groups in total. The van der Waals surface area contributed by atoms with E-state index in [9.17, 15) is 0 Å². The number of hydrogen-bond acceptors (Lipinski definition) is 5. The molecule has 31 heavy (non-hydrogen) atoms. The van der Waals surface area contributed by atoms with Crippen LogP contribution in [0.1, 0.15) is 67.0 Å².